The van der Waals surface area contributed by atoms with Crippen molar-refractivity contribution in [3.63, 3.8) is 0 Å². The molecule has 0 saturated carbocycles. The number of nitrogens with one attached hydrogen (secondary N) is 1. The lowest BCUT2D eigenvalue weighted by atomic mass is 10.2. The van der Waals surface area contributed by atoms with Crippen molar-refractivity contribution < 1.29 is 14.0 Å². The molecule has 0 saturated heterocycles. The van der Waals surface area contributed by atoms with Gasteiger partial charge in [0.25, 0.3) is 5.91 Å². The fraction of sp³-hybridized carbons (Fsp3) is 0.0667. The molecule has 0 atom stereocenters. The molecule has 0 unspecified atom stereocenters. The molecule has 0 aliphatic rings. The number of benzene rings is 2. The molecule has 0 spiro atoms. The van der Waals surface area contributed by atoms with Crippen LogP contribution in [-0.2, 0) is 9.63 Å². The Morgan fingerprint density at radius 1 is 1.20 bits per heavy atom. The molecule has 0 fully saturated rings. The molecule has 0 bridgehead atoms. The van der Waals surface area contributed by atoms with Crippen LogP contribution in [0.3, 0.4) is 0 Å². The third kappa shape index (κ3) is 4.53. The highest BCUT2D eigenvalue weighted by Gasteiger charge is 2.02. The van der Waals surface area contributed by atoms with Crippen LogP contribution in [0.1, 0.15) is 5.56 Å². The summed E-state index contributed by atoms with van der Waals surface area (Å²) in [6.07, 6.45) is 1.51. The maximum Gasteiger partial charge on any atom is 0.265 e. The topological polar surface area (TPSA) is 50.7 Å². The highest BCUT2D eigenvalue weighted by Crippen LogP contribution is 2.08. The van der Waals surface area contributed by atoms with Gasteiger partial charge in [0.15, 0.2) is 6.61 Å². The molecule has 0 heterocycles. The van der Waals surface area contributed by atoms with Crippen LogP contribution in [0.4, 0.5) is 10.1 Å². The van der Waals surface area contributed by atoms with E-state index in [1.54, 1.807) is 6.07 Å². The molecular formula is C15H13FN2O2. The zero-order chi connectivity index (χ0) is 14.2. The Bertz CT molecular complexity index is 600. The van der Waals surface area contributed by atoms with E-state index >= 15 is 0 Å². The Morgan fingerprint density at radius 3 is 2.75 bits per heavy atom. The minimum atomic E-state index is -0.411. The minimum absolute atomic E-state index is 0.236. The predicted molar refractivity (Wildman–Crippen MR) is 75.0 cm³/mol. The number of hydrogen-bond donors (Lipinski definition) is 1. The van der Waals surface area contributed by atoms with E-state index in [1.807, 2.05) is 30.3 Å². The number of anilines is 1. The van der Waals surface area contributed by atoms with Crippen molar-refractivity contribution in [2.75, 3.05) is 11.9 Å². The zero-order valence-electron chi connectivity index (χ0n) is 10.6. The van der Waals surface area contributed by atoms with Gasteiger partial charge in [0.2, 0.25) is 0 Å². The summed E-state index contributed by atoms with van der Waals surface area (Å²) in [5, 5.41) is 6.18. The molecule has 0 aliphatic heterocycles. The molecule has 2 aromatic carbocycles. The van der Waals surface area contributed by atoms with Crippen molar-refractivity contribution in [2.45, 2.75) is 0 Å². The maximum atomic E-state index is 12.9. The molecule has 4 nitrogen and oxygen atoms in total. The first-order valence-electron chi connectivity index (χ1n) is 6.00. The number of carbonyl (C=O) groups is 1. The molecule has 0 aliphatic carbocycles. The molecule has 2 aromatic rings. The highest BCUT2D eigenvalue weighted by molar-refractivity contribution is 5.91. The van der Waals surface area contributed by atoms with Gasteiger partial charge < -0.3 is 10.2 Å². The second kappa shape index (κ2) is 7.04. The van der Waals surface area contributed by atoms with Crippen molar-refractivity contribution in [1.29, 1.82) is 0 Å². The van der Waals surface area contributed by atoms with E-state index in [9.17, 15) is 9.18 Å². The van der Waals surface area contributed by atoms with Crippen LogP contribution >= 0.6 is 0 Å². The monoisotopic (exact) mass is 272 g/mol. The summed E-state index contributed by atoms with van der Waals surface area (Å²) in [7, 11) is 0. The van der Waals surface area contributed by atoms with E-state index < -0.39 is 11.7 Å². The average molecular weight is 272 g/mol. The third-order valence-corrected chi connectivity index (χ3v) is 2.38. The summed E-state index contributed by atoms with van der Waals surface area (Å²) in [6.45, 7) is -0.236. The van der Waals surface area contributed by atoms with E-state index in [-0.39, 0.29) is 6.61 Å². The van der Waals surface area contributed by atoms with Crippen molar-refractivity contribution in [2.24, 2.45) is 5.16 Å². The lowest BCUT2D eigenvalue weighted by Crippen LogP contribution is -2.17. The van der Waals surface area contributed by atoms with E-state index in [1.165, 1.54) is 24.4 Å². The number of amides is 1. The molecule has 20 heavy (non-hydrogen) atoms. The van der Waals surface area contributed by atoms with Gasteiger partial charge in [-0.1, -0.05) is 41.6 Å². The number of nitrogens with zero attached hydrogens (tertiary/aromatic N) is 1. The molecular weight excluding hydrogens is 259 g/mol. The van der Waals surface area contributed by atoms with Crippen molar-refractivity contribution >= 4 is 17.8 Å². The van der Waals surface area contributed by atoms with Crippen LogP contribution in [0.5, 0.6) is 0 Å². The van der Waals surface area contributed by atoms with Gasteiger partial charge in [-0.15, -0.1) is 0 Å². The summed E-state index contributed by atoms with van der Waals surface area (Å²) < 4.78 is 12.9. The van der Waals surface area contributed by atoms with Gasteiger partial charge in [0, 0.05) is 5.69 Å². The average Bonchev–Trinajstić information content (AvgIpc) is 2.45. The largest absolute Gasteiger partial charge is 0.386 e. The summed E-state index contributed by atoms with van der Waals surface area (Å²) in [5.41, 5.74) is 1.25. The normalized spacial score (nSPS) is 10.4. The predicted octanol–water partition coefficient (Wildman–Crippen LogP) is 2.81. The van der Waals surface area contributed by atoms with Crippen LogP contribution in [0.25, 0.3) is 0 Å². The van der Waals surface area contributed by atoms with Crippen molar-refractivity contribution in [3.8, 4) is 0 Å². The van der Waals surface area contributed by atoms with Gasteiger partial charge in [-0.2, -0.15) is 0 Å². The van der Waals surface area contributed by atoms with E-state index in [4.69, 9.17) is 4.84 Å². The molecule has 1 N–H and O–H groups in total. The zero-order valence-corrected chi connectivity index (χ0v) is 10.6. The van der Waals surface area contributed by atoms with E-state index in [0.717, 1.165) is 5.56 Å². The minimum Gasteiger partial charge on any atom is -0.386 e. The summed E-state index contributed by atoms with van der Waals surface area (Å²) >= 11 is 0. The van der Waals surface area contributed by atoms with Gasteiger partial charge in [-0.05, 0) is 23.8 Å². The lowest BCUT2D eigenvalue weighted by Gasteiger charge is -2.03. The van der Waals surface area contributed by atoms with E-state index in [0.29, 0.717) is 5.69 Å². The molecule has 0 radical (unpaired) electrons. The third-order valence-electron chi connectivity index (χ3n) is 2.38. The highest BCUT2D eigenvalue weighted by atomic mass is 19.1. The van der Waals surface area contributed by atoms with Gasteiger partial charge in [-0.25, -0.2) is 4.39 Å². The Morgan fingerprint density at radius 2 is 2.00 bits per heavy atom. The Labute approximate surface area is 115 Å². The van der Waals surface area contributed by atoms with Gasteiger partial charge in [0.05, 0.1) is 6.21 Å². The van der Waals surface area contributed by atoms with Gasteiger partial charge in [0.1, 0.15) is 5.82 Å². The van der Waals surface area contributed by atoms with Crippen LogP contribution in [0.15, 0.2) is 59.8 Å². The SMILES string of the molecule is O=C(CO/N=C\c1ccccc1)Nc1cccc(F)c1. The lowest BCUT2D eigenvalue weighted by molar-refractivity contribution is -0.120. The standard InChI is InChI=1S/C15H13FN2O2/c16-13-7-4-8-14(9-13)18-15(19)11-20-17-10-12-5-2-1-3-6-12/h1-10H,11H2,(H,18,19)/b17-10-. The first-order valence-corrected chi connectivity index (χ1v) is 6.00. The van der Waals surface area contributed by atoms with Gasteiger partial charge in [-0.3, -0.25) is 4.79 Å². The Balaban J connectivity index is 1.77. The maximum absolute atomic E-state index is 12.9. The second-order valence-corrected chi connectivity index (χ2v) is 3.98. The van der Waals surface area contributed by atoms with Crippen LogP contribution in [-0.4, -0.2) is 18.7 Å². The van der Waals surface area contributed by atoms with Gasteiger partial charge >= 0.3 is 0 Å². The number of hydrogen-bond acceptors (Lipinski definition) is 3. The van der Waals surface area contributed by atoms with Crippen molar-refractivity contribution in [1.82, 2.24) is 0 Å². The van der Waals surface area contributed by atoms with Crippen molar-refractivity contribution in [3.05, 3.63) is 66.0 Å². The van der Waals surface area contributed by atoms with Crippen LogP contribution in [0, 0.1) is 5.82 Å². The second-order valence-electron chi connectivity index (χ2n) is 3.98. The fourth-order valence-corrected chi connectivity index (χ4v) is 1.50. The smallest absolute Gasteiger partial charge is 0.265 e. The first-order chi connectivity index (χ1) is 9.74. The summed E-state index contributed by atoms with van der Waals surface area (Å²) in [6, 6.07) is 15.0. The summed E-state index contributed by atoms with van der Waals surface area (Å²) in [4.78, 5) is 16.4. The Hall–Kier alpha value is -2.69. The number of rotatable bonds is 5. The van der Waals surface area contributed by atoms with Crippen LogP contribution < -0.4 is 5.32 Å². The molecule has 102 valence electrons. The number of carbonyl (C=O) groups excluding carboxylic acids is 1. The molecule has 5 heteroatoms. The molecule has 1 amide bonds. The fourth-order valence-electron chi connectivity index (χ4n) is 1.50. The quantitative estimate of drug-likeness (QED) is 0.672. The molecule has 2 rings (SSSR count). The molecule has 0 aromatic heterocycles. The Kier molecular flexibility index (Phi) is 4.83. The summed E-state index contributed by atoms with van der Waals surface area (Å²) in [5.74, 6) is -0.813. The van der Waals surface area contributed by atoms with Crippen LogP contribution in [0.2, 0.25) is 0 Å². The number of halogens is 1. The number of oxime groups is 1. The van der Waals surface area contributed by atoms with E-state index in [2.05, 4.69) is 10.5 Å². The first kappa shape index (κ1) is 13.7.